The van der Waals surface area contributed by atoms with Crippen LogP contribution in [-0.4, -0.2) is 41.7 Å². The highest BCUT2D eigenvalue weighted by Gasteiger charge is 2.28. The summed E-state index contributed by atoms with van der Waals surface area (Å²) < 4.78 is 0. The molecule has 1 heterocycles. The normalized spacial score (nSPS) is 17.3. The lowest BCUT2D eigenvalue weighted by atomic mass is 9.89. The second kappa shape index (κ2) is 8.34. The first kappa shape index (κ1) is 17.7. The lowest BCUT2D eigenvalue weighted by Gasteiger charge is -2.32. The molecule has 0 unspecified atom stereocenters. The molecule has 4 heteroatoms. The lowest BCUT2D eigenvalue weighted by Crippen LogP contribution is -2.43. The van der Waals surface area contributed by atoms with Crippen molar-refractivity contribution in [2.24, 2.45) is 5.92 Å². The number of hydrogen-bond acceptors (Lipinski definition) is 3. The molecular weight excluding hydrogens is 330 g/mol. The first-order chi connectivity index (χ1) is 12.2. The smallest absolute Gasteiger partial charge is 0.232 e. The number of carbonyl (C=O) groups is 2. The van der Waals surface area contributed by atoms with Crippen molar-refractivity contribution in [2.45, 2.75) is 12.8 Å². The molecule has 1 aliphatic heterocycles. The minimum atomic E-state index is -0.0814. The molecule has 0 aromatic heterocycles. The van der Waals surface area contributed by atoms with Crippen LogP contribution in [0.2, 0.25) is 0 Å². The van der Waals surface area contributed by atoms with Crippen LogP contribution in [0.25, 0.3) is 11.1 Å². The van der Waals surface area contributed by atoms with Gasteiger partial charge in [-0.3, -0.25) is 9.59 Å². The number of carbonyl (C=O) groups excluding carboxylic acids is 2. The van der Waals surface area contributed by atoms with Crippen molar-refractivity contribution in [3.63, 3.8) is 0 Å². The number of amides is 1. The van der Waals surface area contributed by atoms with Gasteiger partial charge in [0.1, 0.15) is 0 Å². The third kappa shape index (κ3) is 4.31. The van der Waals surface area contributed by atoms with Crippen molar-refractivity contribution in [3.8, 4) is 11.1 Å². The summed E-state index contributed by atoms with van der Waals surface area (Å²) in [6, 6.07) is 18.0. The van der Waals surface area contributed by atoms with E-state index in [0.29, 0.717) is 12.3 Å². The zero-order chi connectivity index (χ0) is 17.6. The van der Waals surface area contributed by atoms with E-state index in [1.54, 1.807) is 0 Å². The summed E-state index contributed by atoms with van der Waals surface area (Å²) in [4.78, 5) is 26.8. The van der Waals surface area contributed by atoms with Crippen molar-refractivity contribution in [3.05, 3.63) is 60.2 Å². The van der Waals surface area contributed by atoms with Crippen LogP contribution in [-0.2, 0) is 4.79 Å². The van der Waals surface area contributed by atoms with Crippen molar-refractivity contribution in [1.29, 1.82) is 0 Å². The van der Waals surface area contributed by atoms with Crippen LogP contribution < -0.4 is 0 Å². The quantitative estimate of drug-likeness (QED) is 0.758. The first-order valence-corrected chi connectivity index (χ1v) is 10.0. The van der Waals surface area contributed by atoms with E-state index in [-0.39, 0.29) is 17.6 Å². The van der Waals surface area contributed by atoms with Crippen LogP contribution in [0.3, 0.4) is 0 Å². The summed E-state index contributed by atoms with van der Waals surface area (Å²) in [5, 5.41) is 0. The number of piperidine rings is 1. The van der Waals surface area contributed by atoms with Crippen LogP contribution >= 0.6 is 11.8 Å². The monoisotopic (exact) mass is 353 g/mol. The number of thioether (sulfide) groups is 1. The molecule has 2 aromatic carbocycles. The molecule has 1 saturated heterocycles. The summed E-state index contributed by atoms with van der Waals surface area (Å²) in [5.41, 5.74) is 2.99. The predicted octanol–water partition coefficient (Wildman–Crippen LogP) is 4.14. The summed E-state index contributed by atoms with van der Waals surface area (Å²) in [6.45, 7) is 1.33. The summed E-state index contributed by atoms with van der Waals surface area (Å²) in [5.74, 6) is 0.708. The Kier molecular flexibility index (Phi) is 5.92. The van der Waals surface area contributed by atoms with Crippen molar-refractivity contribution in [1.82, 2.24) is 4.90 Å². The molecule has 2 aromatic rings. The van der Waals surface area contributed by atoms with Gasteiger partial charge in [-0.15, -0.1) is 0 Å². The van der Waals surface area contributed by atoms with E-state index >= 15 is 0 Å². The maximum atomic E-state index is 12.8. The van der Waals surface area contributed by atoms with Gasteiger partial charge in [0.2, 0.25) is 5.91 Å². The second-order valence-electron chi connectivity index (χ2n) is 6.42. The van der Waals surface area contributed by atoms with E-state index in [4.69, 9.17) is 0 Å². The Morgan fingerprint density at radius 2 is 1.72 bits per heavy atom. The van der Waals surface area contributed by atoms with Gasteiger partial charge < -0.3 is 4.90 Å². The standard InChI is InChI=1S/C21H23NO2S/c1-25-15-20(23)22-13-5-8-19(14-22)21(24)18-11-9-17(10-12-18)16-6-3-2-4-7-16/h2-4,6-7,9-12,19H,5,8,13-15H2,1H3/t19-/m1/s1. The maximum absolute atomic E-state index is 12.8. The van der Waals surface area contributed by atoms with Crippen molar-refractivity contribution >= 4 is 23.5 Å². The Labute approximate surface area is 153 Å². The first-order valence-electron chi connectivity index (χ1n) is 8.65. The Morgan fingerprint density at radius 3 is 2.40 bits per heavy atom. The Bertz CT molecular complexity index is 727. The average Bonchev–Trinajstić information content (AvgIpc) is 2.68. The number of hydrogen-bond donors (Lipinski definition) is 0. The Balaban J connectivity index is 1.69. The highest BCUT2D eigenvalue weighted by Crippen LogP contribution is 2.24. The third-order valence-corrected chi connectivity index (χ3v) is 5.22. The molecule has 0 spiro atoms. The van der Waals surface area contributed by atoms with Crippen molar-refractivity contribution < 1.29 is 9.59 Å². The molecule has 25 heavy (non-hydrogen) atoms. The van der Waals surface area contributed by atoms with Crippen LogP contribution in [0.1, 0.15) is 23.2 Å². The highest BCUT2D eigenvalue weighted by molar-refractivity contribution is 7.99. The van der Waals surface area contributed by atoms with Gasteiger partial charge in [-0.1, -0.05) is 54.6 Å². The Hall–Kier alpha value is -2.07. The Morgan fingerprint density at radius 1 is 1.04 bits per heavy atom. The predicted molar refractivity (Wildman–Crippen MR) is 104 cm³/mol. The van der Waals surface area contributed by atoms with E-state index in [9.17, 15) is 9.59 Å². The fraction of sp³-hybridized carbons (Fsp3) is 0.333. The molecule has 0 N–H and O–H groups in total. The minimum Gasteiger partial charge on any atom is -0.341 e. The summed E-state index contributed by atoms with van der Waals surface area (Å²) in [7, 11) is 0. The number of benzene rings is 2. The molecule has 130 valence electrons. The van der Waals surface area contributed by atoms with E-state index in [0.717, 1.165) is 36.1 Å². The molecule has 0 radical (unpaired) electrons. The van der Waals surface area contributed by atoms with Gasteiger partial charge >= 0.3 is 0 Å². The number of likely N-dealkylation sites (tertiary alicyclic amines) is 1. The molecule has 1 fully saturated rings. The van der Waals surface area contributed by atoms with Gasteiger partial charge in [0.25, 0.3) is 0 Å². The molecule has 1 aliphatic rings. The van der Waals surface area contributed by atoms with Gasteiger partial charge in [0.15, 0.2) is 5.78 Å². The zero-order valence-electron chi connectivity index (χ0n) is 14.5. The van der Waals surface area contributed by atoms with Gasteiger partial charge in [0.05, 0.1) is 5.75 Å². The fourth-order valence-electron chi connectivity index (χ4n) is 3.33. The maximum Gasteiger partial charge on any atom is 0.232 e. The van der Waals surface area contributed by atoms with Gasteiger partial charge in [-0.25, -0.2) is 0 Å². The lowest BCUT2D eigenvalue weighted by molar-refractivity contribution is -0.129. The van der Waals surface area contributed by atoms with Crippen molar-refractivity contribution in [2.75, 3.05) is 25.1 Å². The summed E-state index contributed by atoms with van der Waals surface area (Å²) >= 11 is 1.53. The second-order valence-corrected chi connectivity index (χ2v) is 7.29. The zero-order valence-corrected chi connectivity index (χ0v) is 15.3. The molecule has 0 bridgehead atoms. The SMILES string of the molecule is CSCC(=O)N1CCC[C@@H](C(=O)c2ccc(-c3ccccc3)cc2)C1. The number of ketones is 1. The van der Waals surface area contributed by atoms with Gasteiger partial charge in [-0.05, 0) is 30.2 Å². The topological polar surface area (TPSA) is 37.4 Å². The van der Waals surface area contributed by atoms with E-state index in [1.807, 2.05) is 53.6 Å². The average molecular weight is 353 g/mol. The number of nitrogens with zero attached hydrogens (tertiary/aromatic N) is 1. The molecular formula is C21H23NO2S. The molecule has 3 nitrogen and oxygen atoms in total. The molecule has 1 amide bonds. The molecule has 3 rings (SSSR count). The molecule has 1 atom stereocenters. The van der Waals surface area contributed by atoms with Crippen LogP contribution in [0.15, 0.2) is 54.6 Å². The van der Waals surface area contributed by atoms with Gasteiger partial charge in [-0.2, -0.15) is 11.8 Å². The van der Waals surface area contributed by atoms with E-state index < -0.39 is 0 Å². The fourth-order valence-corrected chi connectivity index (χ4v) is 3.76. The van der Waals surface area contributed by atoms with Gasteiger partial charge in [0, 0.05) is 24.6 Å². The molecule has 0 saturated carbocycles. The van der Waals surface area contributed by atoms with Crippen LogP contribution in [0.5, 0.6) is 0 Å². The van der Waals surface area contributed by atoms with Crippen LogP contribution in [0.4, 0.5) is 0 Å². The minimum absolute atomic E-state index is 0.0814. The van der Waals surface area contributed by atoms with Crippen LogP contribution in [0, 0.1) is 5.92 Å². The largest absolute Gasteiger partial charge is 0.341 e. The highest BCUT2D eigenvalue weighted by atomic mass is 32.2. The molecule has 0 aliphatic carbocycles. The number of Topliss-reactive ketones (excluding diaryl/α,β-unsaturated/α-hetero) is 1. The number of rotatable bonds is 5. The van der Waals surface area contributed by atoms with E-state index in [2.05, 4.69) is 12.1 Å². The summed E-state index contributed by atoms with van der Waals surface area (Å²) in [6.07, 6.45) is 3.69. The van der Waals surface area contributed by atoms with E-state index in [1.165, 1.54) is 11.8 Å². The third-order valence-electron chi connectivity index (χ3n) is 4.69.